The summed E-state index contributed by atoms with van der Waals surface area (Å²) < 4.78 is 31.8. The van der Waals surface area contributed by atoms with Crippen LogP contribution in [-0.2, 0) is 9.53 Å². The van der Waals surface area contributed by atoms with Gasteiger partial charge in [-0.2, -0.15) is 0 Å². The highest BCUT2D eigenvalue weighted by Crippen LogP contribution is 2.49. The van der Waals surface area contributed by atoms with Gasteiger partial charge in [0.05, 0.1) is 18.6 Å². The van der Waals surface area contributed by atoms with E-state index in [1.54, 1.807) is 0 Å². The quantitative estimate of drug-likeness (QED) is 0.872. The summed E-state index contributed by atoms with van der Waals surface area (Å²) in [5, 5.41) is 2.71. The Balaban J connectivity index is 1.81. The first kappa shape index (κ1) is 14.9. The molecule has 0 aliphatic heterocycles. The van der Waals surface area contributed by atoms with E-state index in [2.05, 4.69) is 5.32 Å². The number of hydrogen-bond donors (Lipinski definition) is 1. The van der Waals surface area contributed by atoms with Crippen LogP contribution in [0.3, 0.4) is 0 Å². The van der Waals surface area contributed by atoms with E-state index < -0.39 is 23.5 Å². The zero-order chi connectivity index (χ0) is 15.9. The lowest BCUT2D eigenvalue weighted by atomic mass is 9.84. The number of esters is 1. The zero-order valence-corrected chi connectivity index (χ0v) is 12.1. The summed E-state index contributed by atoms with van der Waals surface area (Å²) in [6, 6.07) is 3.10. The minimum atomic E-state index is -1.17. The summed E-state index contributed by atoms with van der Waals surface area (Å²) in [5.74, 6) is -3.29. The third-order valence-corrected chi connectivity index (χ3v) is 4.88. The Morgan fingerprint density at radius 1 is 1.23 bits per heavy atom. The van der Waals surface area contributed by atoms with Crippen LogP contribution in [0.5, 0.6) is 0 Å². The Bertz CT molecular complexity index is 619. The molecule has 2 saturated carbocycles. The van der Waals surface area contributed by atoms with Crippen molar-refractivity contribution in [2.75, 3.05) is 7.11 Å². The lowest BCUT2D eigenvalue weighted by Crippen LogP contribution is -2.47. The van der Waals surface area contributed by atoms with E-state index >= 15 is 0 Å². The minimum Gasteiger partial charge on any atom is -0.469 e. The maximum Gasteiger partial charge on any atom is 0.311 e. The van der Waals surface area contributed by atoms with Gasteiger partial charge in [0.25, 0.3) is 5.91 Å². The van der Waals surface area contributed by atoms with Gasteiger partial charge < -0.3 is 10.1 Å². The summed E-state index contributed by atoms with van der Waals surface area (Å²) in [4.78, 5) is 24.2. The van der Waals surface area contributed by atoms with Crippen molar-refractivity contribution in [3.05, 3.63) is 35.4 Å². The van der Waals surface area contributed by atoms with E-state index in [1.807, 2.05) is 0 Å². The van der Waals surface area contributed by atoms with Gasteiger partial charge in [-0.3, -0.25) is 9.59 Å². The molecule has 0 radical (unpaired) electrons. The summed E-state index contributed by atoms with van der Waals surface area (Å²) in [5.41, 5.74) is -0.341. The van der Waals surface area contributed by atoms with Crippen molar-refractivity contribution >= 4 is 11.9 Å². The predicted octanol–water partition coefficient (Wildman–Crippen LogP) is 2.28. The third kappa shape index (κ3) is 2.36. The number of carbonyl (C=O) groups excluding carboxylic acids is 2. The minimum absolute atomic E-state index is 0.190. The normalized spacial score (nSPS) is 29.4. The Morgan fingerprint density at radius 3 is 2.68 bits per heavy atom. The lowest BCUT2D eigenvalue weighted by molar-refractivity contribution is -0.148. The second kappa shape index (κ2) is 5.66. The molecule has 0 spiro atoms. The Hall–Kier alpha value is -1.98. The molecule has 4 nitrogen and oxygen atoms in total. The standard InChI is InChI=1S/C16H17F2NO3/c1-22-16(21)12-8-5-6-9(7-8)14(12)19-15(20)10-3-2-4-11(17)13(10)18/h2-4,8-9,12,14H,5-7H2,1H3,(H,19,20)/t8-,9-,12-,14-/m0/s1. The number of carbonyl (C=O) groups is 2. The smallest absolute Gasteiger partial charge is 0.311 e. The topological polar surface area (TPSA) is 55.4 Å². The molecule has 0 unspecified atom stereocenters. The van der Waals surface area contributed by atoms with E-state index in [4.69, 9.17) is 4.74 Å². The molecular weight excluding hydrogens is 292 g/mol. The SMILES string of the molecule is COC(=O)[C@H]1[C@H]2CC[C@@H](C2)[C@@H]1NC(=O)c1cccc(F)c1F. The van der Waals surface area contributed by atoms with Gasteiger partial charge in [-0.1, -0.05) is 6.07 Å². The number of benzene rings is 1. The molecule has 6 heteroatoms. The monoisotopic (exact) mass is 309 g/mol. The Morgan fingerprint density at radius 2 is 1.95 bits per heavy atom. The number of halogens is 2. The van der Waals surface area contributed by atoms with Crippen molar-refractivity contribution in [2.45, 2.75) is 25.3 Å². The first-order chi connectivity index (χ1) is 10.5. The number of amides is 1. The number of hydrogen-bond acceptors (Lipinski definition) is 3. The number of nitrogens with one attached hydrogen (secondary N) is 1. The van der Waals surface area contributed by atoms with Crippen molar-refractivity contribution in [3.8, 4) is 0 Å². The summed E-state index contributed by atoms with van der Waals surface area (Å²) in [6.45, 7) is 0. The lowest BCUT2D eigenvalue weighted by Gasteiger charge is -2.29. The Kier molecular flexibility index (Phi) is 3.85. The van der Waals surface area contributed by atoms with E-state index in [9.17, 15) is 18.4 Å². The van der Waals surface area contributed by atoms with Crippen LogP contribution in [-0.4, -0.2) is 25.0 Å². The molecule has 4 atom stereocenters. The molecule has 1 amide bonds. The third-order valence-electron chi connectivity index (χ3n) is 4.88. The molecule has 0 aromatic heterocycles. The second-order valence-electron chi connectivity index (χ2n) is 5.98. The van der Waals surface area contributed by atoms with Crippen LogP contribution in [0.15, 0.2) is 18.2 Å². The van der Waals surface area contributed by atoms with Crippen molar-refractivity contribution in [3.63, 3.8) is 0 Å². The maximum absolute atomic E-state index is 13.7. The van der Waals surface area contributed by atoms with E-state index in [-0.39, 0.29) is 29.4 Å². The molecule has 22 heavy (non-hydrogen) atoms. The molecule has 2 fully saturated rings. The molecule has 2 aliphatic rings. The van der Waals surface area contributed by atoms with E-state index in [1.165, 1.54) is 19.2 Å². The van der Waals surface area contributed by atoms with Crippen molar-refractivity contribution in [1.29, 1.82) is 0 Å². The molecule has 0 heterocycles. The molecule has 2 aliphatic carbocycles. The van der Waals surface area contributed by atoms with Crippen LogP contribution >= 0.6 is 0 Å². The summed E-state index contributed by atoms with van der Waals surface area (Å²) in [6.07, 6.45) is 2.72. The van der Waals surface area contributed by atoms with Crippen molar-refractivity contribution in [1.82, 2.24) is 5.32 Å². The van der Waals surface area contributed by atoms with Gasteiger partial charge in [-0.25, -0.2) is 8.78 Å². The second-order valence-corrected chi connectivity index (χ2v) is 5.98. The number of rotatable bonds is 3. The van der Waals surface area contributed by atoms with E-state index in [0.717, 1.165) is 25.3 Å². The first-order valence-corrected chi connectivity index (χ1v) is 7.35. The average Bonchev–Trinajstić information content (AvgIpc) is 3.10. The van der Waals surface area contributed by atoms with E-state index in [0.29, 0.717) is 0 Å². The largest absolute Gasteiger partial charge is 0.469 e. The molecule has 0 saturated heterocycles. The number of ether oxygens (including phenoxy) is 1. The molecule has 118 valence electrons. The van der Waals surface area contributed by atoms with Gasteiger partial charge in [0.2, 0.25) is 0 Å². The van der Waals surface area contributed by atoms with Gasteiger partial charge in [-0.05, 0) is 43.2 Å². The van der Waals surface area contributed by atoms with Crippen molar-refractivity contribution in [2.24, 2.45) is 17.8 Å². The van der Waals surface area contributed by atoms with Crippen LogP contribution in [0.4, 0.5) is 8.78 Å². The fourth-order valence-corrected chi connectivity index (χ4v) is 3.88. The van der Waals surface area contributed by atoms with Gasteiger partial charge >= 0.3 is 5.97 Å². The molecular formula is C16H17F2NO3. The molecule has 1 aromatic carbocycles. The molecule has 2 bridgehead atoms. The fraction of sp³-hybridized carbons (Fsp3) is 0.500. The highest BCUT2D eigenvalue weighted by atomic mass is 19.2. The zero-order valence-electron chi connectivity index (χ0n) is 12.1. The van der Waals surface area contributed by atoms with Crippen LogP contribution in [0.2, 0.25) is 0 Å². The molecule has 3 rings (SSSR count). The van der Waals surface area contributed by atoms with Crippen LogP contribution in [0, 0.1) is 29.4 Å². The maximum atomic E-state index is 13.7. The Labute approximate surface area is 126 Å². The fourth-order valence-electron chi connectivity index (χ4n) is 3.88. The summed E-state index contributed by atoms with van der Waals surface area (Å²) in [7, 11) is 1.32. The van der Waals surface area contributed by atoms with Gasteiger partial charge in [0, 0.05) is 6.04 Å². The van der Waals surface area contributed by atoms with Crippen LogP contribution in [0.1, 0.15) is 29.6 Å². The molecule has 1 N–H and O–H groups in total. The number of methoxy groups -OCH3 is 1. The van der Waals surface area contributed by atoms with Gasteiger partial charge in [0.15, 0.2) is 11.6 Å². The molecule has 1 aromatic rings. The summed E-state index contributed by atoms with van der Waals surface area (Å²) >= 11 is 0. The van der Waals surface area contributed by atoms with Crippen LogP contribution in [0.25, 0.3) is 0 Å². The average molecular weight is 309 g/mol. The van der Waals surface area contributed by atoms with Crippen molar-refractivity contribution < 1.29 is 23.1 Å². The van der Waals surface area contributed by atoms with Crippen LogP contribution < -0.4 is 5.32 Å². The highest BCUT2D eigenvalue weighted by Gasteiger charge is 2.52. The highest BCUT2D eigenvalue weighted by molar-refractivity contribution is 5.95. The van der Waals surface area contributed by atoms with Gasteiger partial charge in [0.1, 0.15) is 0 Å². The predicted molar refractivity (Wildman–Crippen MR) is 73.9 cm³/mol. The number of fused-ring (bicyclic) bond motifs is 2. The first-order valence-electron chi connectivity index (χ1n) is 7.35. The van der Waals surface area contributed by atoms with Gasteiger partial charge in [-0.15, -0.1) is 0 Å².